The summed E-state index contributed by atoms with van der Waals surface area (Å²) in [6.07, 6.45) is 1.45. The highest BCUT2D eigenvalue weighted by molar-refractivity contribution is 5.42. The second-order valence-corrected chi connectivity index (χ2v) is 8.57. The summed E-state index contributed by atoms with van der Waals surface area (Å²) >= 11 is 0. The van der Waals surface area contributed by atoms with Crippen molar-refractivity contribution in [2.45, 2.75) is 24.7 Å². The molecule has 8 rings (SSSR count). The standard InChI is InChI=1S/C18H20N2O/c19-8-3-1-7(2-4-8)6-20-17-13-9-5-10-12-11(9)14(17)16(12)18(20,21)15(10)13/h1-4,9-17,21H,5-6,19H2. The molecule has 10 atom stereocenters. The molecule has 1 aromatic carbocycles. The molecule has 5 aliphatic carbocycles. The Hall–Kier alpha value is -1.06. The van der Waals surface area contributed by atoms with Crippen molar-refractivity contribution >= 4 is 5.69 Å². The minimum Gasteiger partial charge on any atom is -0.399 e. The highest BCUT2D eigenvalue weighted by Gasteiger charge is 2.93. The first kappa shape index (κ1) is 10.6. The van der Waals surface area contributed by atoms with Crippen molar-refractivity contribution in [2.24, 2.45) is 47.3 Å². The van der Waals surface area contributed by atoms with E-state index in [2.05, 4.69) is 17.0 Å². The van der Waals surface area contributed by atoms with Crippen LogP contribution in [0.25, 0.3) is 0 Å². The van der Waals surface area contributed by atoms with E-state index in [1.807, 2.05) is 12.1 Å². The number of aliphatic hydroxyl groups is 1. The lowest BCUT2D eigenvalue weighted by molar-refractivity contribution is -0.134. The number of nitrogens with two attached hydrogens (primary N) is 1. The summed E-state index contributed by atoms with van der Waals surface area (Å²) in [6.45, 7) is 0.917. The third kappa shape index (κ3) is 0.790. The molecular formula is C18H20N2O. The molecule has 7 aliphatic rings. The Morgan fingerprint density at radius 1 is 1.05 bits per heavy atom. The average Bonchev–Trinajstić information content (AvgIpc) is 3.07. The fourth-order valence-corrected chi connectivity index (χ4v) is 8.59. The van der Waals surface area contributed by atoms with Gasteiger partial charge in [0.15, 0.2) is 0 Å². The molecule has 0 aromatic heterocycles. The lowest BCUT2D eigenvalue weighted by Gasteiger charge is -2.45. The van der Waals surface area contributed by atoms with Gasteiger partial charge in [0, 0.05) is 30.1 Å². The number of nitrogens with zero attached hydrogens (tertiary/aromatic N) is 1. The lowest BCUT2D eigenvalue weighted by Crippen LogP contribution is -2.50. The van der Waals surface area contributed by atoms with Crippen molar-refractivity contribution < 1.29 is 5.11 Å². The molecule has 7 fully saturated rings. The van der Waals surface area contributed by atoms with E-state index in [9.17, 15) is 5.11 Å². The maximum absolute atomic E-state index is 11.6. The zero-order valence-electron chi connectivity index (χ0n) is 11.9. The molecule has 4 bridgehead atoms. The Morgan fingerprint density at radius 2 is 1.86 bits per heavy atom. The highest BCUT2D eigenvalue weighted by Crippen LogP contribution is 2.90. The Balaban J connectivity index is 1.35. The monoisotopic (exact) mass is 280 g/mol. The predicted molar refractivity (Wildman–Crippen MR) is 77.7 cm³/mol. The summed E-state index contributed by atoms with van der Waals surface area (Å²) in [7, 11) is 0. The topological polar surface area (TPSA) is 49.5 Å². The number of hydrogen-bond acceptors (Lipinski definition) is 3. The minimum absolute atomic E-state index is 0.446. The molecule has 10 unspecified atom stereocenters. The van der Waals surface area contributed by atoms with Crippen molar-refractivity contribution in [1.82, 2.24) is 4.90 Å². The predicted octanol–water partition coefficient (Wildman–Crippen LogP) is 1.53. The van der Waals surface area contributed by atoms with Crippen LogP contribution in [0.3, 0.4) is 0 Å². The fourth-order valence-electron chi connectivity index (χ4n) is 8.59. The molecule has 21 heavy (non-hydrogen) atoms. The normalized spacial score (nSPS) is 63.2. The number of hydrogen-bond donors (Lipinski definition) is 2. The van der Waals surface area contributed by atoms with Crippen LogP contribution in [0.1, 0.15) is 12.0 Å². The van der Waals surface area contributed by atoms with Gasteiger partial charge in [-0.2, -0.15) is 0 Å². The molecule has 0 spiro atoms. The van der Waals surface area contributed by atoms with Gasteiger partial charge in [0.2, 0.25) is 0 Å². The molecule has 2 aliphatic heterocycles. The van der Waals surface area contributed by atoms with Gasteiger partial charge in [0.1, 0.15) is 5.72 Å². The van der Waals surface area contributed by atoms with E-state index in [1.54, 1.807) is 0 Å². The van der Waals surface area contributed by atoms with Crippen LogP contribution in [0.2, 0.25) is 0 Å². The molecule has 2 saturated heterocycles. The average molecular weight is 280 g/mol. The summed E-state index contributed by atoms with van der Waals surface area (Å²) in [6, 6.07) is 8.94. The van der Waals surface area contributed by atoms with Crippen LogP contribution in [0.5, 0.6) is 0 Å². The fraction of sp³-hybridized carbons (Fsp3) is 0.667. The van der Waals surface area contributed by atoms with Gasteiger partial charge in [0.05, 0.1) is 0 Å². The summed E-state index contributed by atoms with van der Waals surface area (Å²) in [5.41, 5.74) is 7.49. The number of anilines is 1. The van der Waals surface area contributed by atoms with E-state index in [1.165, 1.54) is 12.0 Å². The Labute approximate surface area is 124 Å². The summed E-state index contributed by atoms with van der Waals surface area (Å²) in [5, 5.41) is 11.6. The van der Waals surface area contributed by atoms with E-state index in [0.717, 1.165) is 47.7 Å². The molecule has 1 aromatic rings. The molecule has 3 nitrogen and oxygen atoms in total. The molecule has 3 heteroatoms. The minimum atomic E-state index is -0.446. The zero-order valence-corrected chi connectivity index (χ0v) is 11.9. The molecule has 5 saturated carbocycles. The van der Waals surface area contributed by atoms with E-state index in [4.69, 9.17) is 5.73 Å². The van der Waals surface area contributed by atoms with Gasteiger partial charge in [0.25, 0.3) is 0 Å². The SMILES string of the molecule is Nc1ccc(CN2C3C4C5CC6C7C5C3C7C2(O)C64)cc1. The quantitative estimate of drug-likeness (QED) is 0.808. The van der Waals surface area contributed by atoms with Crippen LogP contribution in [0.15, 0.2) is 24.3 Å². The third-order valence-electron chi connectivity index (χ3n) is 8.54. The zero-order chi connectivity index (χ0) is 13.7. The largest absolute Gasteiger partial charge is 0.399 e. The van der Waals surface area contributed by atoms with Crippen LogP contribution in [0, 0.1) is 47.3 Å². The second-order valence-electron chi connectivity index (χ2n) is 8.57. The van der Waals surface area contributed by atoms with Crippen LogP contribution >= 0.6 is 0 Å². The smallest absolute Gasteiger partial charge is 0.125 e. The molecule has 3 N–H and O–H groups in total. The molecule has 2 heterocycles. The molecule has 108 valence electrons. The number of nitrogen functional groups attached to an aromatic ring is 1. The van der Waals surface area contributed by atoms with E-state index >= 15 is 0 Å². The maximum Gasteiger partial charge on any atom is 0.125 e. The molecule has 0 amide bonds. The Morgan fingerprint density at radius 3 is 2.67 bits per heavy atom. The van der Waals surface area contributed by atoms with Crippen molar-refractivity contribution in [3.05, 3.63) is 29.8 Å². The van der Waals surface area contributed by atoms with Crippen molar-refractivity contribution in [3.63, 3.8) is 0 Å². The van der Waals surface area contributed by atoms with Gasteiger partial charge in [-0.3, -0.25) is 4.90 Å². The summed E-state index contributed by atoms with van der Waals surface area (Å²) < 4.78 is 0. The number of benzene rings is 1. The van der Waals surface area contributed by atoms with Gasteiger partial charge in [-0.15, -0.1) is 0 Å². The third-order valence-corrected chi connectivity index (χ3v) is 8.54. The van der Waals surface area contributed by atoms with Gasteiger partial charge in [-0.05, 0) is 59.6 Å². The first-order chi connectivity index (χ1) is 10.2. The summed E-state index contributed by atoms with van der Waals surface area (Å²) in [4.78, 5) is 2.52. The van der Waals surface area contributed by atoms with Gasteiger partial charge < -0.3 is 10.8 Å². The molecule has 0 radical (unpaired) electrons. The van der Waals surface area contributed by atoms with Crippen molar-refractivity contribution in [3.8, 4) is 0 Å². The Bertz CT molecular complexity index is 687. The first-order valence-corrected chi connectivity index (χ1v) is 8.55. The maximum atomic E-state index is 11.6. The van der Waals surface area contributed by atoms with E-state index in [0.29, 0.717) is 17.9 Å². The second kappa shape index (κ2) is 2.77. The number of rotatable bonds is 2. The van der Waals surface area contributed by atoms with Crippen LogP contribution in [-0.2, 0) is 6.54 Å². The van der Waals surface area contributed by atoms with Gasteiger partial charge in [-0.1, -0.05) is 12.1 Å². The van der Waals surface area contributed by atoms with E-state index < -0.39 is 5.72 Å². The van der Waals surface area contributed by atoms with Crippen LogP contribution in [-0.4, -0.2) is 21.8 Å². The first-order valence-electron chi connectivity index (χ1n) is 8.55. The highest BCUT2D eigenvalue weighted by atomic mass is 16.3. The van der Waals surface area contributed by atoms with Crippen molar-refractivity contribution in [2.75, 3.05) is 5.73 Å². The van der Waals surface area contributed by atoms with Crippen LogP contribution < -0.4 is 5.73 Å². The van der Waals surface area contributed by atoms with Gasteiger partial charge >= 0.3 is 0 Å². The summed E-state index contributed by atoms with van der Waals surface area (Å²) in [5.74, 6) is 6.65. The molecular weight excluding hydrogens is 260 g/mol. The Kier molecular flexibility index (Phi) is 1.40. The van der Waals surface area contributed by atoms with Gasteiger partial charge in [-0.25, -0.2) is 0 Å². The van der Waals surface area contributed by atoms with E-state index in [-0.39, 0.29) is 0 Å². The van der Waals surface area contributed by atoms with Crippen LogP contribution in [0.4, 0.5) is 5.69 Å². The van der Waals surface area contributed by atoms with Crippen molar-refractivity contribution in [1.29, 1.82) is 0 Å². The lowest BCUT2D eigenvalue weighted by atomic mass is 9.59.